The van der Waals surface area contributed by atoms with Gasteiger partial charge in [-0.2, -0.15) is 0 Å². The van der Waals surface area contributed by atoms with Crippen molar-refractivity contribution in [1.82, 2.24) is 5.32 Å². The normalized spacial score (nSPS) is 10.1. The third-order valence-corrected chi connectivity index (χ3v) is 2.38. The Hall–Kier alpha value is -1.30. The van der Waals surface area contributed by atoms with E-state index in [-0.39, 0.29) is 11.0 Å². The van der Waals surface area contributed by atoms with E-state index in [4.69, 9.17) is 0 Å². The molecule has 0 fully saturated rings. The van der Waals surface area contributed by atoms with E-state index in [0.29, 0.717) is 18.7 Å². The molecule has 0 aliphatic heterocycles. The van der Waals surface area contributed by atoms with Crippen LogP contribution in [0.1, 0.15) is 13.3 Å². The number of amides is 1. The van der Waals surface area contributed by atoms with Gasteiger partial charge >= 0.3 is 5.97 Å². The highest BCUT2D eigenvalue weighted by Gasteiger charge is 2.00. The second-order valence-corrected chi connectivity index (χ2v) is 3.83. The molecule has 1 N–H and O–H groups in total. The molecule has 0 saturated heterocycles. The molecule has 0 saturated carbocycles. The zero-order valence-electron chi connectivity index (χ0n) is 9.32. The van der Waals surface area contributed by atoms with Gasteiger partial charge in [0.15, 0.2) is 0 Å². The Balaban J connectivity index is 3.62. The standard InChI is InChI=1S/C10H15NO4S/c1-3-8(12)11-6-7-16-10(14)5-4-9(13)15-2/h4-5H,3,6-7H2,1-2H3,(H,11,12)/b5-4+. The van der Waals surface area contributed by atoms with Gasteiger partial charge in [0.05, 0.1) is 7.11 Å². The molecule has 0 spiro atoms. The number of esters is 1. The van der Waals surface area contributed by atoms with Crippen LogP contribution in [0.2, 0.25) is 0 Å². The topological polar surface area (TPSA) is 72.5 Å². The first-order valence-corrected chi connectivity index (χ1v) is 5.78. The van der Waals surface area contributed by atoms with Gasteiger partial charge in [0, 0.05) is 24.8 Å². The number of hydrogen-bond acceptors (Lipinski definition) is 5. The lowest BCUT2D eigenvalue weighted by atomic mass is 10.4. The van der Waals surface area contributed by atoms with Crippen molar-refractivity contribution in [3.8, 4) is 0 Å². The fraction of sp³-hybridized carbons (Fsp3) is 0.500. The molecule has 90 valence electrons. The number of hydrogen-bond donors (Lipinski definition) is 1. The van der Waals surface area contributed by atoms with Crippen LogP contribution < -0.4 is 5.32 Å². The molecule has 0 radical (unpaired) electrons. The Morgan fingerprint density at radius 2 is 2.00 bits per heavy atom. The Bertz CT molecular complexity index is 289. The minimum atomic E-state index is -0.562. The van der Waals surface area contributed by atoms with Crippen LogP contribution in [0.4, 0.5) is 0 Å². The van der Waals surface area contributed by atoms with Crippen LogP contribution in [-0.4, -0.2) is 36.4 Å². The summed E-state index contributed by atoms with van der Waals surface area (Å²) in [6, 6.07) is 0. The molecule has 0 aromatic rings. The van der Waals surface area contributed by atoms with Crippen LogP contribution in [0.3, 0.4) is 0 Å². The molecule has 5 nitrogen and oxygen atoms in total. The van der Waals surface area contributed by atoms with Crippen molar-refractivity contribution in [2.75, 3.05) is 19.4 Å². The van der Waals surface area contributed by atoms with E-state index in [1.807, 2.05) is 0 Å². The molecule has 0 atom stereocenters. The van der Waals surface area contributed by atoms with Gasteiger partial charge in [-0.25, -0.2) is 4.79 Å². The first-order valence-electron chi connectivity index (χ1n) is 4.79. The summed E-state index contributed by atoms with van der Waals surface area (Å²) < 4.78 is 4.33. The zero-order chi connectivity index (χ0) is 12.4. The van der Waals surface area contributed by atoms with Gasteiger partial charge in [0.25, 0.3) is 0 Å². The Morgan fingerprint density at radius 1 is 1.31 bits per heavy atom. The molecule has 16 heavy (non-hydrogen) atoms. The van der Waals surface area contributed by atoms with Crippen LogP contribution in [0, 0.1) is 0 Å². The average Bonchev–Trinajstić information content (AvgIpc) is 2.31. The molecule has 0 aliphatic rings. The first-order chi connectivity index (χ1) is 7.60. The summed E-state index contributed by atoms with van der Waals surface area (Å²) in [7, 11) is 1.24. The summed E-state index contributed by atoms with van der Waals surface area (Å²) in [4.78, 5) is 32.6. The van der Waals surface area contributed by atoms with E-state index in [1.54, 1.807) is 6.92 Å². The number of ether oxygens (including phenoxy) is 1. The smallest absolute Gasteiger partial charge is 0.330 e. The van der Waals surface area contributed by atoms with Crippen LogP contribution in [0.25, 0.3) is 0 Å². The third-order valence-electron chi connectivity index (χ3n) is 1.55. The molecular weight excluding hydrogens is 230 g/mol. The molecule has 0 heterocycles. The summed E-state index contributed by atoms with van der Waals surface area (Å²) in [6.07, 6.45) is 2.65. The van der Waals surface area contributed by atoms with Crippen LogP contribution in [0.5, 0.6) is 0 Å². The largest absolute Gasteiger partial charge is 0.466 e. The van der Waals surface area contributed by atoms with Gasteiger partial charge in [-0.3, -0.25) is 9.59 Å². The lowest BCUT2D eigenvalue weighted by Crippen LogP contribution is -2.24. The highest BCUT2D eigenvalue weighted by Crippen LogP contribution is 2.01. The van der Waals surface area contributed by atoms with Gasteiger partial charge in [-0.1, -0.05) is 18.7 Å². The zero-order valence-corrected chi connectivity index (χ0v) is 10.1. The van der Waals surface area contributed by atoms with Gasteiger partial charge in [0.2, 0.25) is 11.0 Å². The van der Waals surface area contributed by atoms with Crippen molar-refractivity contribution < 1.29 is 19.1 Å². The Kier molecular flexibility index (Phi) is 8.24. The van der Waals surface area contributed by atoms with Crippen molar-refractivity contribution >= 4 is 28.8 Å². The van der Waals surface area contributed by atoms with E-state index < -0.39 is 5.97 Å². The summed E-state index contributed by atoms with van der Waals surface area (Å²) in [5, 5.41) is 2.40. The number of nitrogens with one attached hydrogen (secondary N) is 1. The Morgan fingerprint density at radius 3 is 2.56 bits per heavy atom. The quantitative estimate of drug-likeness (QED) is 0.419. The van der Waals surface area contributed by atoms with E-state index in [2.05, 4.69) is 10.1 Å². The fourth-order valence-electron chi connectivity index (χ4n) is 0.719. The monoisotopic (exact) mass is 245 g/mol. The molecule has 0 aromatic heterocycles. The maximum absolute atomic E-state index is 11.1. The number of thioether (sulfide) groups is 1. The van der Waals surface area contributed by atoms with E-state index >= 15 is 0 Å². The number of carbonyl (C=O) groups excluding carboxylic acids is 3. The summed E-state index contributed by atoms with van der Waals surface area (Å²) in [5.74, 6) is -0.123. The van der Waals surface area contributed by atoms with Crippen LogP contribution in [-0.2, 0) is 19.1 Å². The van der Waals surface area contributed by atoms with E-state index in [0.717, 1.165) is 23.9 Å². The average molecular weight is 245 g/mol. The number of methoxy groups -OCH3 is 1. The van der Waals surface area contributed by atoms with Crippen LogP contribution >= 0.6 is 11.8 Å². The third kappa shape index (κ3) is 8.05. The van der Waals surface area contributed by atoms with Crippen molar-refractivity contribution in [1.29, 1.82) is 0 Å². The minimum absolute atomic E-state index is 0.0434. The molecule has 0 unspecified atom stereocenters. The van der Waals surface area contributed by atoms with Gasteiger partial charge in [0.1, 0.15) is 0 Å². The van der Waals surface area contributed by atoms with Crippen molar-refractivity contribution in [3.63, 3.8) is 0 Å². The number of rotatable bonds is 6. The van der Waals surface area contributed by atoms with Gasteiger partial charge in [-0.05, 0) is 6.08 Å². The highest BCUT2D eigenvalue weighted by molar-refractivity contribution is 8.14. The molecule has 6 heteroatoms. The second-order valence-electron chi connectivity index (χ2n) is 2.73. The predicted molar refractivity (Wildman–Crippen MR) is 61.9 cm³/mol. The highest BCUT2D eigenvalue weighted by atomic mass is 32.2. The van der Waals surface area contributed by atoms with Gasteiger partial charge in [-0.15, -0.1) is 0 Å². The summed E-state index contributed by atoms with van der Waals surface area (Å²) in [5.41, 5.74) is 0. The molecule has 0 rings (SSSR count). The maximum atomic E-state index is 11.1. The molecule has 0 aromatic carbocycles. The summed E-state index contributed by atoms with van der Waals surface area (Å²) in [6.45, 7) is 2.20. The van der Waals surface area contributed by atoms with E-state index in [1.165, 1.54) is 7.11 Å². The Labute approximate surface area is 98.6 Å². The van der Waals surface area contributed by atoms with Crippen molar-refractivity contribution in [3.05, 3.63) is 12.2 Å². The molecule has 0 bridgehead atoms. The summed E-state index contributed by atoms with van der Waals surface area (Å²) >= 11 is 1.03. The first kappa shape index (κ1) is 14.7. The SMILES string of the molecule is CCC(=O)NCCSC(=O)/C=C/C(=O)OC. The van der Waals surface area contributed by atoms with Crippen LogP contribution in [0.15, 0.2) is 12.2 Å². The van der Waals surface area contributed by atoms with E-state index in [9.17, 15) is 14.4 Å². The fourth-order valence-corrected chi connectivity index (χ4v) is 1.29. The molecular formula is C10H15NO4S. The van der Waals surface area contributed by atoms with Crippen molar-refractivity contribution in [2.24, 2.45) is 0 Å². The maximum Gasteiger partial charge on any atom is 0.330 e. The van der Waals surface area contributed by atoms with Gasteiger partial charge < -0.3 is 10.1 Å². The molecule has 1 amide bonds. The minimum Gasteiger partial charge on any atom is -0.466 e. The number of carbonyl (C=O) groups is 3. The molecule has 0 aliphatic carbocycles. The lowest BCUT2D eigenvalue weighted by molar-refractivity contribution is -0.135. The lowest BCUT2D eigenvalue weighted by Gasteiger charge is -2.00. The van der Waals surface area contributed by atoms with Crippen molar-refractivity contribution in [2.45, 2.75) is 13.3 Å². The predicted octanol–water partition coefficient (Wildman–Crippen LogP) is 0.502. The second kappa shape index (κ2) is 8.96.